The SMILES string of the molecule is CC.CNc1cn2nc(-c3cnc(Cl)c(C(=O)NCc4cc(OC(F)(F)F)ccc4F)c3)ccc2n1. The van der Waals surface area contributed by atoms with Crippen LogP contribution in [0.3, 0.4) is 0 Å². The van der Waals surface area contributed by atoms with Crippen LogP contribution in [0.4, 0.5) is 23.4 Å². The first-order valence-corrected chi connectivity index (χ1v) is 11.0. The van der Waals surface area contributed by atoms with Crippen LogP contribution in [0, 0.1) is 5.82 Å². The van der Waals surface area contributed by atoms with Gasteiger partial charge in [-0.05, 0) is 36.4 Å². The van der Waals surface area contributed by atoms with Crippen molar-refractivity contribution in [3.05, 3.63) is 70.9 Å². The lowest BCUT2D eigenvalue weighted by atomic mass is 10.1. The molecule has 0 atom stereocenters. The van der Waals surface area contributed by atoms with E-state index in [1.807, 2.05) is 13.8 Å². The van der Waals surface area contributed by atoms with E-state index in [0.29, 0.717) is 22.7 Å². The molecule has 3 heterocycles. The van der Waals surface area contributed by atoms with E-state index >= 15 is 0 Å². The molecule has 0 aliphatic carbocycles. The minimum absolute atomic E-state index is 0.0225. The van der Waals surface area contributed by atoms with E-state index in [2.05, 4.69) is 30.4 Å². The Morgan fingerprint density at radius 2 is 1.92 bits per heavy atom. The fraction of sp³-hybridized carbons (Fsp3) is 0.217. The quantitative estimate of drug-likeness (QED) is 0.256. The maximum absolute atomic E-state index is 14.0. The number of nitrogens with zero attached hydrogens (tertiary/aromatic N) is 4. The molecule has 3 aromatic heterocycles. The fourth-order valence-corrected chi connectivity index (χ4v) is 3.25. The van der Waals surface area contributed by atoms with Gasteiger partial charge >= 0.3 is 6.36 Å². The number of carbonyl (C=O) groups is 1. The summed E-state index contributed by atoms with van der Waals surface area (Å²) in [6, 6.07) is 7.38. The number of ether oxygens (including phenoxy) is 1. The van der Waals surface area contributed by atoms with E-state index in [0.717, 1.165) is 18.2 Å². The lowest BCUT2D eigenvalue weighted by Crippen LogP contribution is -2.24. The van der Waals surface area contributed by atoms with Crippen molar-refractivity contribution in [2.45, 2.75) is 26.8 Å². The topological polar surface area (TPSA) is 93.4 Å². The predicted molar refractivity (Wildman–Crippen MR) is 126 cm³/mol. The molecule has 0 fully saturated rings. The van der Waals surface area contributed by atoms with Crippen LogP contribution >= 0.6 is 11.6 Å². The Hall–Kier alpha value is -3.93. The Labute approximate surface area is 208 Å². The molecule has 0 spiro atoms. The normalized spacial score (nSPS) is 11.0. The number of alkyl halides is 3. The van der Waals surface area contributed by atoms with Crippen molar-refractivity contribution in [2.24, 2.45) is 0 Å². The third-order valence-corrected chi connectivity index (χ3v) is 4.95. The summed E-state index contributed by atoms with van der Waals surface area (Å²) in [6.45, 7) is 3.59. The number of amides is 1. The highest BCUT2D eigenvalue weighted by molar-refractivity contribution is 6.32. The van der Waals surface area contributed by atoms with Crippen LogP contribution in [0.2, 0.25) is 5.15 Å². The second-order valence-corrected chi connectivity index (χ2v) is 7.30. The van der Waals surface area contributed by atoms with Crippen molar-refractivity contribution < 1.29 is 27.1 Å². The lowest BCUT2D eigenvalue weighted by Gasteiger charge is -2.12. The zero-order valence-corrected chi connectivity index (χ0v) is 20.1. The first-order chi connectivity index (χ1) is 17.1. The van der Waals surface area contributed by atoms with Gasteiger partial charge in [0, 0.05) is 30.9 Å². The van der Waals surface area contributed by atoms with Gasteiger partial charge in [-0.2, -0.15) is 5.10 Å². The number of nitrogens with one attached hydrogen (secondary N) is 2. The molecule has 0 saturated carbocycles. The molecule has 0 bridgehead atoms. The minimum atomic E-state index is -4.93. The molecule has 1 aromatic carbocycles. The molecule has 4 aromatic rings. The number of rotatable bonds is 6. The van der Waals surface area contributed by atoms with Gasteiger partial charge in [0.1, 0.15) is 22.5 Å². The zero-order chi connectivity index (χ0) is 26.5. The smallest absolute Gasteiger partial charge is 0.406 e. The van der Waals surface area contributed by atoms with Crippen molar-refractivity contribution in [3.8, 4) is 17.0 Å². The number of hydrogen-bond acceptors (Lipinski definition) is 6. The van der Waals surface area contributed by atoms with Gasteiger partial charge in [0.15, 0.2) is 5.65 Å². The number of imidazole rings is 1. The second-order valence-electron chi connectivity index (χ2n) is 6.94. The van der Waals surface area contributed by atoms with Gasteiger partial charge in [0.05, 0.1) is 17.5 Å². The van der Waals surface area contributed by atoms with Gasteiger partial charge < -0.3 is 15.4 Å². The molecular weight excluding hydrogens is 504 g/mol. The van der Waals surface area contributed by atoms with Crippen molar-refractivity contribution in [1.29, 1.82) is 0 Å². The Morgan fingerprint density at radius 3 is 2.61 bits per heavy atom. The molecule has 0 unspecified atom stereocenters. The van der Waals surface area contributed by atoms with E-state index in [1.54, 1.807) is 29.9 Å². The maximum Gasteiger partial charge on any atom is 0.573 e. The summed E-state index contributed by atoms with van der Waals surface area (Å²) in [4.78, 5) is 21.0. The molecule has 0 aliphatic heterocycles. The third-order valence-electron chi connectivity index (χ3n) is 4.65. The van der Waals surface area contributed by atoms with Crippen LogP contribution in [-0.2, 0) is 6.54 Å². The van der Waals surface area contributed by atoms with E-state index in [9.17, 15) is 22.4 Å². The Kier molecular flexibility index (Phi) is 8.30. The number of carbonyl (C=O) groups excluding carboxylic acids is 1. The summed E-state index contributed by atoms with van der Waals surface area (Å²) >= 11 is 6.07. The van der Waals surface area contributed by atoms with Gasteiger partial charge in [0.2, 0.25) is 0 Å². The van der Waals surface area contributed by atoms with Crippen LogP contribution < -0.4 is 15.4 Å². The molecule has 0 saturated heterocycles. The summed E-state index contributed by atoms with van der Waals surface area (Å²) in [5.41, 5.74) is 1.33. The molecule has 2 N–H and O–H groups in total. The highest BCUT2D eigenvalue weighted by atomic mass is 35.5. The standard InChI is InChI=1S/C21H15ClF4N6O2.C2H6/c1-27-17-10-32-18(30-17)5-4-16(31-32)12-7-14(19(22)28-9-12)20(33)29-8-11-6-13(2-3-15(11)23)34-21(24,25)26;1-2/h2-7,9-10,27H,8H2,1H3,(H,29,33);1-2H3. The van der Waals surface area contributed by atoms with Crippen molar-refractivity contribution >= 4 is 29.0 Å². The second kappa shape index (κ2) is 11.2. The first kappa shape index (κ1) is 26.7. The monoisotopic (exact) mass is 524 g/mol. The van der Waals surface area contributed by atoms with Gasteiger partial charge in [0.25, 0.3) is 5.91 Å². The summed E-state index contributed by atoms with van der Waals surface area (Å²) in [5, 5.41) is 9.65. The number of fused-ring (bicyclic) bond motifs is 1. The van der Waals surface area contributed by atoms with Crippen molar-refractivity contribution in [3.63, 3.8) is 0 Å². The summed E-state index contributed by atoms with van der Waals surface area (Å²) in [5.74, 6) is -1.51. The third kappa shape index (κ3) is 6.39. The van der Waals surface area contributed by atoms with Crippen molar-refractivity contribution in [1.82, 2.24) is 24.9 Å². The highest BCUT2D eigenvalue weighted by Gasteiger charge is 2.31. The number of anilines is 1. The Balaban J connectivity index is 0.00000176. The lowest BCUT2D eigenvalue weighted by molar-refractivity contribution is -0.274. The van der Waals surface area contributed by atoms with Crippen LogP contribution in [0.5, 0.6) is 5.75 Å². The number of aromatic nitrogens is 4. The largest absolute Gasteiger partial charge is 0.573 e. The summed E-state index contributed by atoms with van der Waals surface area (Å²) < 4.78 is 56.6. The number of pyridine rings is 1. The van der Waals surface area contributed by atoms with Gasteiger partial charge in [-0.25, -0.2) is 18.9 Å². The molecule has 0 aliphatic rings. The zero-order valence-electron chi connectivity index (χ0n) is 19.3. The molecule has 190 valence electrons. The van der Waals surface area contributed by atoms with Gasteiger partial charge in [-0.15, -0.1) is 13.2 Å². The predicted octanol–water partition coefficient (Wildman–Crippen LogP) is 5.48. The van der Waals surface area contributed by atoms with Crippen LogP contribution in [0.25, 0.3) is 16.9 Å². The van der Waals surface area contributed by atoms with Crippen LogP contribution in [0.15, 0.2) is 48.8 Å². The van der Waals surface area contributed by atoms with E-state index in [-0.39, 0.29) is 16.3 Å². The molecule has 36 heavy (non-hydrogen) atoms. The Morgan fingerprint density at radius 1 is 1.17 bits per heavy atom. The van der Waals surface area contributed by atoms with Crippen molar-refractivity contribution in [2.75, 3.05) is 12.4 Å². The highest BCUT2D eigenvalue weighted by Crippen LogP contribution is 2.25. The number of hydrogen-bond donors (Lipinski definition) is 2. The molecule has 8 nitrogen and oxygen atoms in total. The van der Waals surface area contributed by atoms with E-state index in [4.69, 9.17) is 11.6 Å². The first-order valence-electron chi connectivity index (χ1n) is 10.7. The maximum atomic E-state index is 14.0. The summed E-state index contributed by atoms with van der Waals surface area (Å²) in [7, 11) is 1.72. The number of halogens is 5. The summed E-state index contributed by atoms with van der Waals surface area (Å²) in [6.07, 6.45) is -1.82. The van der Waals surface area contributed by atoms with Crippen LogP contribution in [0.1, 0.15) is 29.8 Å². The molecule has 0 radical (unpaired) electrons. The van der Waals surface area contributed by atoms with E-state index in [1.165, 1.54) is 12.3 Å². The van der Waals surface area contributed by atoms with Gasteiger partial charge in [-0.3, -0.25) is 4.79 Å². The van der Waals surface area contributed by atoms with Crippen LogP contribution in [-0.4, -0.2) is 38.9 Å². The molecule has 4 rings (SSSR count). The molecule has 13 heteroatoms. The van der Waals surface area contributed by atoms with E-state index < -0.39 is 30.4 Å². The molecule has 1 amide bonds. The average molecular weight is 525 g/mol. The average Bonchev–Trinajstić information content (AvgIpc) is 3.27. The molecular formula is C23H21ClF4N6O2. The van der Waals surface area contributed by atoms with Gasteiger partial charge in [-0.1, -0.05) is 25.4 Å². The fourth-order valence-electron chi connectivity index (χ4n) is 3.06. The Bertz CT molecular complexity index is 1380. The minimum Gasteiger partial charge on any atom is -0.406 e. The number of benzene rings is 1.